The normalized spacial score (nSPS) is 12.4. The summed E-state index contributed by atoms with van der Waals surface area (Å²) in [5.74, 6) is 0. The quantitative estimate of drug-likeness (QED) is 0.136. The Bertz CT molecular complexity index is 4160. The van der Waals surface area contributed by atoms with Gasteiger partial charge in [0.05, 0.1) is 11.1 Å². The van der Waals surface area contributed by atoms with E-state index in [4.69, 9.17) is 4.42 Å². The van der Waals surface area contributed by atoms with Gasteiger partial charge in [0.25, 0.3) is 0 Å². The highest BCUT2D eigenvalue weighted by Crippen LogP contribution is 2.59. The number of para-hydroxylation sites is 2. The van der Waals surface area contributed by atoms with E-state index in [1.807, 2.05) is 12.1 Å². The standard InChI is InChI=1S/C73H49NO/c1-5-20-52(21-6-1)60-46-40-54(48-65(60)53-22-7-2-8-23-53)50-36-42-58(43-37-50)74(59-44-38-51(39-45-59)55-41-47-71-66(49-55)62-29-15-18-35-70(62)75-71)69-34-17-14-28-61(69)63-31-19-33-68-72(63)64-30-13-16-32-67(64)73(68,56-24-9-3-10-25-56)57-26-11-4-12-27-57/h1-49H. The van der Waals surface area contributed by atoms with Gasteiger partial charge in [0.1, 0.15) is 11.2 Å². The van der Waals surface area contributed by atoms with E-state index >= 15 is 0 Å². The molecule has 0 atom stereocenters. The van der Waals surface area contributed by atoms with Gasteiger partial charge in [-0.2, -0.15) is 0 Å². The average molecular weight is 956 g/mol. The van der Waals surface area contributed by atoms with E-state index < -0.39 is 5.41 Å². The fraction of sp³-hybridized carbons (Fsp3) is 0.0137. The SMILES string of the molecule is c1ccc(-c2ccc(-c3ccc(N(c4ccc(-c5ccc6oc7ccccc7c6c5)cc4)c4ccccc4-c4cccc5c4-c4ccccc4C5(c4ccccc4)c4ccccc4)cc3)cc2-c2ccccc2)cc1. The first-order valence-electron chi connectivity index (χ1n) is 25.8. The highest BCUT2D eigenvalue weighted by atomic mass is 16.3. The van der Waals surface area contributed by atoms with Crippen LogP contribution in [0.3, 0.4) is 0 Å². The molecule has 1 aliphatic carbocycles. The molecule has 0 amide bonds. The van der Waals surface area contributed by atoms with Crippen LogP contribution in [0.2, 0.25) is 0 Å². The molecule has 0 aliphatic heterocycles. The lowest BCUT2D eigenvalue weighted by Gasteiger charge is -2.34. The summed E-state index contributed by atoms with van der Waals surface area (Å²) in [6, 6.07) is 108. The number of nitrogens with zero attached hydrogens (tertiary/aromatic N) is 1. The van der Waals surface area contributed by atoms with E-state index in [1.54, 1.807) is 0 Å². The van der Waals surface area contributed by atoms with E-state index in [0.717, 1.165) is 66.8 Å². The maximum atomic E-state index is 6.22. The maximum Gasteiger partial charge on any atom is 0.135 e. The Morgan fingerprint density at radius 1 is 0.267 bits per heavy atom. The van der Waals surface area contributed by atoms with Crippen LogP contribution in [-0.4, -0.2) is 0 Å². The second kappa shape index (κ2) is 18.4. The third-order valence-corrected chi connectivity index (χ3v) is 15.4. The zero-order valence-electron chi connectivity index (χ0n) is 41.1. The van der Waals surface area contributed by atoms with Crippen LogP contribution in [0.4, 0.5) is 17.1 Å². The largest absolute Gasteiger partial charge is 0.456 e. The molecule has 1 aromatic heterocycles. The van der Waals surface area contributed by atoms with Crippen LogP contribution in [0, 0.1) is 0 Å². The highest BCUT2D eigenvalue weighted by Gasteiger charge is 2.47. The topological polar surface area (TPSA) is 16.4 Å². The number of benzene rings is 12. The molecule has 0 unspecified atom stereocenters. The predicted molar refractivity (Wildman–Crippen MR) is 313 cm³/mol. The molecule has 2 nitrogen and oxygen atoms in total. The summed E-state index contributed by atoms with van der Waals surface area (Å²) < 4.78 is 6.22. The molecule has 0 spiro atoms. The summed E-state index contributed by atoms with van der Waals surface area (Å²) in [6.07, 6.45) is 0. The lowest BCUT2D eigenvalue weighted by molar-refractivity contribution is 0.669. The lowest BCUT2D eigenvalue weighted by atomic mass is 9.67. The van der Waals surface area contributed by atoms with Crippen molar-refractivity contribution >= 4 is 39.0 Å². The lowest BCUT2D eigenvalue weighted by Crippen LogP contribution is -2.28. The van der Waals surface area contributed by atoms with Crippen molar-refractivity contribution in [1.82, 2.24) is 0 Å². The van der Waals surface area contributed by atoms with E-state index in [0.29, 0.717) is 0 Å². The maximum absolute atomic E-state index is 6.22. The third-order valence-electron chi connectivity index (χ3n) is 15.4. The van der Waals surface area contributed by atoms with Crippen LogP contribution in [0.5, 0.6) is 0 Å². The Morgan fingerprint density at radius 3 is 1.41 bits per heavy atom. The molecule has 352 valence electrons. The van der Waals surface area contributed by atoms with Crippen LogP contribution in [0.1, 0.15) is 22.3 Å². The van der Waals surface area contributed by atoms with Gasteiger partial charge in [0.2, 0.25) is 0 Å². The number of anilines is 3. The highest BCUT2D eigenvalue weighted by molar-refractivity contribution is 6.06. The summed E-state index contributed by atoms with van der Waals surface area (Å²) in [7, 11) is 0. The molecule has 2 heteroatoms. The first kappa shape index (κ1) is 44.0. The average Bonchev–Trinajstić information content (AvgIpc) is 4.09. The summed E-state index contributed by atoms with van der Waals surface area (Å²) in [5, 5.41) is 2.24. The van der Waals surface area contributed by atoms with Crippen LogP contribution in [0.15, 0.2) is 302 Å². The molecule has 0 N–H and O–H groups in total. The zero-order valence-corrected chi connectivity index (χ0v) is 41.1. The molecule has 0 fully saturated rings. The van der Waals surface area contributed by atoms with E-state index in [9.17, 15) is 0 Å². The van der Waals surface area contributed by atoms with Crippen molar-refractivity contribution < 1.29 is 4.42 Å². The molecule has 14 rings (SSSR count). The second-order valence-corrected chi connectivity index (χ2v) is 19.5. The van der Waals surface area contributed by atoms with Crippen molar-refractivity contribution in [2.24, 2.45) is 0 Å². The van der Waals surface area contributed by atoms with E-state index in [2.05, 4.69) is 290 Å². The fourth-order valence-electron chi connectivity index (χ4n) is 12.0. The van der Waals surface area contributed by atoms with Crippen LogP contribution in [0.25, 0.3) is 88.7 Å². The summed E-state index contributed by atoms with van der Waals surface area (Å²) >= 11 is 0. The van der Waals surface area contributed by atoms with Gasteiger partial charge in [-0.1, -0.05) is 243 Å². The Morgan fingerprint density at radius 2 is 0.747 bits per heavy atom. The Balaban J connectivity index is 0.933. The van der Waals surface area contributed by atoms with Gasteiger partial charge in [-0.15, -0.1) is 0 Å². The van der Waals surface area contributed by atoms with Crippen molar-refractivity contribution in [3.05, 3.63) is 320 Å². The van der Waals surface area contributed by atoms with Gasteiger partial charge in [-0.05, 0) is 138 Å². The minimum Gasteiger partial charge on any atom is -0.456 e. The Kier molecular flexibility index (Phi) is 10.8. The zero-order chi connectivity index (χ0) is 49.7. The molecule has 0 radical (unpaired) electrons. The van der Waals surface area contributed by atoms with Crippen LogP contribution in [-0.2, 0) is 5.41 Å². The van der Waals surface area contributed by atoms with Gasteiger partial charge >= 0.3 is 0 Å². The molecule has 13 aromatic rings. The second-order valence-electron chi connectivity index (χ2n) is 19.5. The monoisotopic (exact) mass is 955 g/mol. The molecular formula is C73H49NO. The van der Waals surface area contributed by atoms with Crippen molar-refractivity contribution in [1.29, 1.82) is 0 Å². The number of furan rings is 1. The van der Waals surface area contributed by atoms with Crippen molar-refractivity contribution in [2.45, 2.75) is 5.41 Å². The number of fused-ring (bicyclic) bond motifs is 6. The Hall–Kier alpha value is -9.76. The molecule has 0 saturated heterocycles. The first-order valence-corrected chi connectivity index (χ1v) is 25.8. The van der Waals surface area contributed by atoms with Crippen LogP contribution < -0.4 is 4.90 Å². The van der Waals surface area contributed by atoms with Crippen molar-refractivity contribution in [3.63, 3.8) is 0 Å². The minimum atomic E-state index is -0.518. The smallest absolute Gasteiger partial charge is 0.135 e. The molecule has 0 saturated carbocycles. The molecule has 12 aromatic carbocycles. The first-order chi connectivity index (χ1) is 37.2. The van der Waals surface area contributed by atoms with Gasteiger partial charge in [0, 0.05) is 27.7 Å². The van der Waals surface area contributed by atoms with E-state index in [1.165, 1.54) is 61.2 Å². The summed E-state index contributed by atoms with van der Waals surface area (Å²) in [6.45, 7) is 0. The van der Waals surface area contributed by atoms with Gasteiger partial charge in [0.15, 0.2) is 0 Å². The molecule has 1 aliphatic rings. The number of rotatable bonds is 10. The van der Waals surface area contributed by atoms with Crippen molar-refractivity contribution in [2.75, 3.05) is 4.90 Å². The van der Waals surface area contributed by atoms with Crippen molar-refractivity contribution in [3.8, 4) is 66.8 Å². The number of hydrogen-bond acceptors (Lipinski definition) is 2. The summed E-state index contributed by atoms with van der Waals surface area (Å²) in [4.78, 5) is 2.44. The molecule has 0 bridgehead atoms. The van der Waals surface area contributed by atoms with Crippen LogP contribution >= 0.6 is 0 Å². The third kappa shape index (κ3) is 7.41. The predicted octanol–water partition coefficient (Wildman–Crippen LogP) is 19.8. The summed E-state index contributed by atoms with van der Waals surface area (Å²) in [5.41, 5.74) is 23.8. The minimum absolute atomic E-state index is 0.518. The molecular weight excluding hydrogens is 907 g/mol. The van der Waals surface area contributed by atoms with Gasteiger partial charge in [-0.3, -0.25) is 0 Å². The molecule has 75 heavy (non-hydrogen) atoms. The van der Waals surface area contributed by atoms with Gasteiger partial charge in [-0.25, -0.2) is 0 Å². The van der Waals surface area contributed by atoms with Gasteiger partial charge < -0.3 is 9.32 Å². The molecule has 1 heterocycles. The fourth-order valence-corrected chi connectivity index (χ4v) is 12.0. The van der Waals surface area contributed by atoms with E-state index in [-0.39, 0.29) is 0 Å². The Labute approximate surface area is 437 Å². The number of hydrogen-bond donors (Lipinski definition) is 0.